The van der Waals surface area contributed by atoms with Gasteiger partial charge in [0.15, 0.2) is 0 Å². The van der Waals surface area contributed by atoms with E-state index in [1.165, 1.54) is 0 Å². The lowest BCUT2D eigenvalue weighted by Crippen LogP contribution is -2.44. The average molecular weight is 279 g/mol. The molecule has 0 aromatic heterocycles. The SMILES string of the molecule is CC(C)C[C@H](N)C(=O)NCCS(=O)(=O)NC(C)C. The van der Waals surface area contributed by atoms with Crippen molar-refractivity contribution < 1.29 is 13.2 Å². The molecule has 18 heavy (non-hydrogen) atoms. The Morgan fingerprint density at radius 1 is 1.22 bits per heavy atom. The van der Waals surface area contributed by atoms with Crippen LogP contribution in [-0.2, 0) is 14.8 Å². The Hall–Kier alpha value is -0.660. The van der Waals surface area contributed by atoms with E-state index >= 15 is 0 Å². The zero-order valence-electron chi connectivity index (χ0n) is 11.6. The van der Waals surface area contributed by atoms with E-state index in [9.17, 15) is 13.2 Å². The molecule has 0 aromatic rings. The molecule has 0 unspecified atom stereocenters. The zero-order valence-corrected chi connectivity index (χ0v) is 12.4. The lowest BCUT2D eigenvalue weighted by molar-refractivity contribution is -0.122. The molecule has 1 amide bonds. The van der Waals surface area contributed by atoms with Gasteiger partial charge in [-0.1, -0.05) is 13.8 Å². The minimum atomic E-state index is -3.33. The summed E-state index contributed by atoms with van der Waals surface area (Å²) >= 11 is 0. The predicted octanol–water partition coefficient (Wildman–Crippen LogP) is -0.196. The van der Waals surface area contributed by atoms with Crippen LogP contribution < -0.4 is 15.8 Å². The standard InChI is InChI=1S/C11H25N3O3S/c1-8(2)7-10(12)11(15)13-5-6-18(16,17)14-9(3)4/h8-10,14H,5-7,12H2,1-4H3,(H,13,15)/t10-/m0/s1. The molecule has 0 radical (unpaired) electrons. The highest BCUT2D eigenvalue weighted by Gasteiger charge is 2.16. The first-order valence-electron chi connectivity index (χ1n) is 6.17. The summed E-state index contributed by atoms with van der Waals surface area (Å²) in [5.41, 5.74) is 5.67. The van der Waals surface area contributed by atoms with Crippen LogP contribution in [0.3, 0.4) is 0 Å². The third kappa shape index (κ3) is 8.43. The Morgan fingerprint density at radius 3 is 2.22 bits per heavy atom. The Morgan fingerprint density at radius 2 is 1.78 bits per heavy atom. The van der Waals surface area contributed by atoms with Crippen LogP contribution in [-0.4, -0.2) is 38.7 Å². The molecule has 108 valence electrons. The predicted molar refractivity (Wildman–Crippen MR) is 72.5 cm³/mol. The molecule has 0 aromatic carbocycles. The third-order valence-corrected chi connectivity index (χ3v) is 3.72. The maximum atomic E-state index is 11.5. The summed E-state index contributed by atoms with van der Waals surface area (Å²) in [6.45, 7) is 7.52. The largest absolute Gasteiger partial charge is 0.354 e. The van der Waals surface area contributed by atoms with Gasteiger partial charge in [-0.15, -0.1) is 0 Å². The molecule has 0 aliphatic rings. The summed E-state index contributed by atoms with van der Waals surface area (Å²) in [7, 11) is -3.33. The molecule has 1 atom stereocenters. The number of rotatable bonds is 8. The quantitative estimate of drug-likeness (QED) is 0.573. The van der Waals surface area contributed by atoms with Crippen LogP contribution in [0.25, 0.3) is 0 Å². The number of sulfonamides is 1. The molecule has 0 aliphatic heterocycles. The fraction of sp³-hybridized carbons (Fsp3) is 0.909. The Kier molecular flexibility index (Phi) is 7.42. The van der Waals surface area contributed by atoms with E-state index in [1.54, 1.807) is 13.8 Å². The van der Waals surface area contributed by atoms with E-state index in [2.05, 4.69) is 10.0 Å². The van der Waals surface area contributed by atoms with Crippen molar-refractivity contribution in [3.8, 4) is 0 Å². The molecular weight excluding hydrogens is 254 g/mol. The second kappa shape index (κ2) is 7.70. The molecule has 6 nitrogen and oxygen atoms in total. The molecular formula is C11H25N3O3S. The highest BCUT2D eigenvalue weighted by atomic mass is 32.2. The molecule has 0 rings (SSSR count). The van der Waals surface area contributed by atoms with Crippen LogP contribution in [0.4, 0.5) is 0 Å². The van der Waals surface area contributed by atoms with Gasteiger partial charge in [-0.2, -0.15) is 0 Å². The first-order chi connectivity index (χ1) is 8.14. The summed E-state index contributed by atoms with van der Waals surface area (Å²) in [4.78, 5) is 11.5. The fourth-order valence-electron chi connectivity index (χ4n) is 1.47. The van der Waals surface area contributed by atoms with Gasteiger partial charge in [-0.05, 0) is 26.2 Å². The molecule has 0 bridgehead atoms. The van der Waals surface area contributed by atoms with Crippen molar-refractivity contribution in [1.29, 1.82) is 0 Å². The lowest BCUT2D eigenvalue weighted by atomic mass is 10.0. The van der Waals surface area contributed by atoms with Crippen LogP contribution in [0.1, 0.15) is 34.1 Å². The topological polar surface area (TPSA) is 101 Å². The molecule has 0 fully saturated rings. The molecule has 4 N–H and O–H groups in total. The smallest absolute Gasteiger partial charge is 0.236 e. The Bertz CT molecular complexity index is 353. The van der Waals surface area contributed by atoms with Gasteiger partial charge in [0.1, 0.15) is 0 Å². The lowest BCUT2D eigenvalue weighted by Gasteiger charge is -2.14. The molecule has 7 heteroatoms. The van der Waals surface area contributed by atoms with Gasteiger partial charge in [-0.3, -0.25) is 4.79 Å². The van der Waals surface area contributed by atoms with E-state index in [0.29, 0.717) is 12.3 Å². The van der Waals surface area contributed by atoms with E-state index in [1.807, 2.05) is 13.8 Å². The van der Waals surface area contributed by atoms with Crippen molar-refractivity contribution in [1.82, 2.24) is 10.0 Å². The number of hydrogen-bond acceptors (Lipinski definition) is 4. The minimum absolute atomic E-state index is 0.0761. The van der Waals surface area contributed by atoms with Crippen LogP contribution in [0.15, 0.2) is 0 Å². The highest BCUT2D eigenvalue weighted by Crippen LogP contribution is 2.02. The van der Waals surface area contributed by atoms with Gasteiger partial charge in [0.05, 0.1) is 11.8 Å². The number of nitrogens with two attached hydrogens (primary N) is 1. The fourth-order valence-corrected chi connectivity index (χ4v) is 2.68. The van der Waals surface area contributed by atoms with Crippen LogP contribution in [0, 0.1) is 5.92 Å². The van der Waals surface area contributed by atoms with Crippen molar-refractivity contribution in [2.75, 3.05) is 12.3 Å². The van der Waals surface area contributed by atoms with Crippen LogP contribution >= 0.6 is 0 Å². The summed E-state index contributed by atoms with van der Waals surface area (Å²) in [5, 5.41) is 2.53. The first-order valence-corrected chi connectivity index (χ1v) is 7.82. The van der Waals surface area contributed by atoms with E-state index in [-0.39, 0.29) is 24.2 Å². The normalized spacial score (nSPS) is 13.9. The van der Waals surface area contributed by atoms with E-state index < -0.39 is 16.1 Å². The van der Waals surface area contributed by atoms with Gasteiger partial charge < -0.3 is 11.1 Å². The summed E-state index contributed by atoms with van der Waals surface area (Å²) < 4.78 is 25.4. The van der Waals surface area contributed by atoms with Crippen molar-refractivity contribution in [2.24, 2.45) is 11.7 Å². The summed E-state index contributed by atoms with van der Waals surface area (Å²) in [6, 6.07) is -0.723. The zero-order chi connectivity index (χ0) is 14.3. The van der Waals surface area contributed by atoms with Gasteiger partial charge >= 0.3 is 0 Å². The van der Waals surface area contributed by atoms with Crippen molar-refractivity contribution in [2.45, 2.75) is 46.2 Å². The first kappa shape index (κ1) is 17.3. The maximum absolute atomic E-state index is 11.5. The number of carbonyl (C=O) groups excluding carboxylic acids is 1. The van der Waals surface area contributed by atoms with Gasteiger partial charge in [0, 0.05) is 12.6 Å². The van der Waals surface area contributed by atoms with Crippen LogP contribution in [0.2, 0.25) is 0 Å². The van der Waals surface area contributed by atoms with Crippen molar-refractivity contribution in [3.63, 3.8) is 0 Å². The number of hydrogen-bond donors (Lipinski definition) is 3. The van der Waals surface area contributed by atoms with Gasteiger partial charge in [0.25, 0.3) is 0 Å². The van der Waals surface area contributed by atoms with E-state index in [4.69, 9.17) is 5.73 Å². The maximum Gasteiger partial charge on any atom is 0.236 e. The average Bonchev–Trinajstić information content (AvgIpc) is 2.13. The highest BCUT2D eigenvalue weighted by molar-refractivity contribution is 7.89. The van der Waals surface area contributed by atoms with Gasteiger partial charge in [-0.25, -0.2) is 13.1 Å². The van der Waals surface area contributed by atoms with E-state index in [0.717, 1.165) is 0 Å². The minimum Gasteiger partial charge on any atom is -0.354 e. The second-order valence-corrected chi connectivity index (χ2v) is 6.99. The molecule has 0 spiro atoms. The number of carbonyl (C=O) groups is 1. The monoisotopic (exact) mass is 279 g/mol. The van der Waals surface area contributed by atoms with Crippen LogP contribution in [0.5, 0.6) is 0 Å². The summed E-state index contributed by atoms with van der Waals surface area (Å²) in [5.74, 6) is -0.105. The van der Waals surface area contributed by atoms with Crippen molar-refractivity contribution >= 4 is 15.9 Å². The Balaban J connectivity index is 4.01. The van der Waals surface area contributed by atoms with Crippen molar-refractivity contribution in [3.05, 3.63) is 0 Å². The second-order valence-electron chi connectivity index (χ2n) is 5.12. The molecule has 0 heterocycles. The molecule has 0 saturated carbocycles. The molecule has 0 saturated heterocycles. The Labute approximate surface area is 110 Å². The third-order valence-electron chi connectivity index (χ3n) is 2.15. The number of amides is 1. The number of nitrogens with one attached hydrogen (secondary N) is 2. The van der Waals surface area contributed by atoms with Gasteiger partial charge in [0.2, 0.25) is 15.9 Å². The molecule has 0 aliphatic carbocycles. The summed E-state index contributed by atoms with van der Waals surface area (Å²) in [6.07, 6.45) is 0.586.